The van der Waals surface area contributed by atoms with E-state index in [9.17, 15) is 9.90 Å². The standard InChI is InChI=1S/C15H21NO2/c1-11-5-3-7-13(9-11)14(17)10-16-8-4-6-12(2)15(16)18/h3,5,7,9,12,14,17H,4,6,8,10H2,1-2H3. The maximum absolute atomic E-state index is 12.0. The molecule has 0 bridgehead atoms. The first-order chi connectivity index (χ1) is 8.58. The van der Waals surface area contributed by atoms with E-state index < -0.39 is 6.10 Å². The van der Waals surface area contributed by atoms with Crippen LogP contribution in [0.3, 0.4) is 0 Å². The van der Waals surface area contributed by atoms with Crippen LogP contribution in [0.2, 0.25) is 0 Å². The molecule has 1 aliphatic rings. The van der Waals surface area contributed by atoms with Crippen molar-refractivity contribution in [2.75, 3.05) is 13.1 Å². The van der Waals surface area contributed by atoms with Gasteiger partial charge in [0, 0.05) is 12.5 Å². The second-order valence-corrected chi connectivity index (χ2v) is 5.26. The van der Waals surface area contributed by atoms with Gasteiger partial charge in [0.05, 0.1) is 12.6 Å². The summed E-state index contributed by atoms with van der Waals surface area (Å²) in [6, 6.07) is 7.83. The molecule has 18 heavy (non-hydrogen) atoms. The Labute approximate surface area is 108 Å². The van der Waals surface area contributed by atoms with Gasteiger partial charge in [0.25, 0.3) is 0 Å². The average molecular weight is 247 g/mol. The van der Waals surface area contributed by atoms with Gasteiger partial charge < -0.3 is 10.0 Å². The van der Waals surface area contributed by atoms with Crippen LogP contribution < -0.4 is 0 Å². The lowest BCUT2D eigenvalue weighted by molar-refractivity contribution is -0.139. The fraction of sp³-hybridized carbons (Fsp3) is 0.533. The third-order valence-corrected chi connectivity index (χ3v) is 3.62. The fourth-order valence-corrected chi connectivity index (χ4v) is 2.51. The van der Waals surface area contributed by atoms with Crippen molar-refractivity contribution in [2.24, 2.45) is 5.92 Å². The molecule has 3 nitrogen and oxygen atoms in total. The third kappa shape index (κ3) is 2.91. The number of β-amino-alcohol motifs (C(OH)–C–C–N with tert-alkyl or cyclic N) is 1. The van der Waals surface area contributed by atoms with E-state index in [1.807, 2.05) is 38.1 Å². The summed E-state index contributed by atoms with van der Waals surface area (Å²) >= 11 is 0. The van der Waals surface area contributed by atoms with Crippen LogP contribution in [0.25, 0.3) is 0 Å². The van der Waals surface area contributed by atoms with Gasteiger partial charge >= 0.3 is 0 Å². The molecule has 2 atom stereocenters. The first kappa shape index (κ1) is 13.1. The first-order valence-electron chi connectivity index (χ1n) is 6.61. The topological polar surface area (TPSA) is 40.5 Å². The summed E-state index contributed by atoms with van der Waals surface area (Å²) in [6.07, 6.45) is 1.42. The predicted octanol–water partition coefficient (Wildman–Crippen LogP) is 2.29. The van der Waals surface area contributed by atoms with Crippen LogP contribution in [0, 0.1) is 12.8 Å². The Bertz CT molecular complexity index is 430. The maximum atomic E-state index is 12.0. The van der Waals surface area contributed by atoms with Crippen molar-refractivity contribution in [1.29, 1.82) is 0 Å². The summed E-state index contributed by atoms with van der Waals surface area (Å²) in [5.41, 5.74) is 2.02. The Morgan fingerprint density at radius 2 is 2.28 bits per heavy atom. The summed E-state index contributed by atoms with van der Waals surface area (Å²) < 4.78 is 0. The number of amides is 1. The number of likely N-dealkylation sites (tertiary alicyclic amines) is 1. The fourth-order valence-electron chi connectivity index (χ4n) is 2.51. The Morgan fingerprint density at radius 1 is 1.50 bits per heavy atom. The highest BCUT2D eigenvalue weighted by Gasteiger charge is 2.26. The number of nitrogens with zero attached hydrogens (tertiary/aromatic N) is 1. The number of rotatable bonds is 3. The maximum Gasteiger partial charge on any atom is 0.225 e. The van der Waals surface area contributed by atoms with Crippen LogP contribution in [-0.2, 0) is 4.79 Å². The van der Waals surface area contributed by atoms with Crippen molar-refractivity contribution in [3.8, 4) is 0 Å². The monoisotopic (exact) mass is 247 g/mol. The number of hydrogen-bond donors (Lipinski definition) is 1. The molecule has 0 spiro atoms. The van der Waals surface area contributed by atoms with Gasteiger partial charge in [-0.05, 0) is 25.3 Å². The van der Waals surface area contributed by atoms with E-state index in [1.54, 1.807) is 4.90 Å². The van der Waals surface area contributed by atoms with Crippen LogP contribution in [0.15, 0.2) is 24.3 Å². The largest absolute Gasteiger partial charge is 0.387 e. The smallest absolute Gasteiger partial charge is 0.225 e. The molecule has 2 rings (SSSR count). The lowest BCUT2D eigenvalue weighted by Crippen LogP contribution is -2.42. The van der Waals surface area contributed by atoms with Crippen molar-refractivity contribution in [3.63, 3.8) is 0 Å². The molecule has 1 N–H and O–H groups in total. The molecule has 0 aromatic heterocycles. The molecule has 1 aliphatic heterocycles. The van der Waals surface area contributed by atoms with Gasteiger partial charge in [-0.2, -0.15) is 0 Å². The number of carbonyl (C=O) groups excluding carboxylic acids is 1. The molecule has 3 heteroatoms. The molecule has 0 saturated carbocycles. The molecule has 1 amide bonds. The van der Waals surface area contributed by atoms with Gasteiger partial charge in [0.2, 0.25) is 5.91 Å². The van der Waals surface area contributed by atoms with E-state index in [0.29, 0.717) is 6.54 Å². The second-order valence-electron chi connectivity index (χ2n) is 5.26. The van der Waals surface area contributed by atoms with E-state index in [0.717, 1.165) is 30.5 Å². The van der Waals surface area contributed by atoms with Gasteiger partial charge in [-0.25, -0.2) is 0 Å². The summed E-state index contributed by atoms with van der Waals surface area (Å²) in [4.78, 5) is 13.8. The summed E-state index contributed by atoms with van der Waals surface area (Å²) in [5, 5.41) is 10.2. The first-order valence-corrected chi connectivity index (χ1v) is 6.61. The Morgan fingerprint density at radius 3 is 3.00 bits per heavy atom. The van der Waals surface area contributed by atoms with Crippen LogP contribution in [0.4, 0.5) is 0 Å². The molecular weight excluding hydrogens is 226 g/mol. The van der Waals surface area contributed by atoms with Gasteiger partial charge in [0.1, 0.15) is 0 Å². The zero-order valence-electron chi connectivity index (χ0n) is 11.1. The summed E-state index contributed by atoms with van der Waals surface area (Å²) in [5.74, 6) is 0.274. The van der Waals surface area contributed by atoms with E-state index in [-0.39, 0.29) is 11.8 Å². The van der Waals surface area contributed by atoms with Gasteiger partial charge in [-0.1, -0.05) is 36.8 Å². The number of aryl methyl sites for hydroxylation is 1. The average Bonchev–Trinajstić information content (AvgIpc) is 2.35. The molecule has 1 saturated heterocycles. The molecule has 0 aliphatic carbocycles. The molecule has 2 unspecified atom stereocenters. The van der Waals surface area contributed by atoms with E-state index >= 15 is 0 Å². The normalized spacial score (nSPS) is 22.1. The van der Waals surface area contributed by atoms with Crippen LogP contribution in [-0.4, -0.2) is 29.0 Å². The van der Waals surface area contributed by atoms with Crippen LogP contribution >= 0.6 is 0 Å². The van der Waals surface area contributed by atoms with Crippen molar-refractivity contribution in [2.45, 2.75) is 32.8 Å². The lowest BCUT2D eigenvalue weighted by atomic mass is 9.98. The molecule has 1 aromatic carbocycles. The summed E-state index contributed by atoms with van der Waals surface area (Å²) in [6.45, 7) is 5.15. The molecule has 1 heterocycles. The van der Waals surface area contributed by atoms with Crippen LogP contribution in [0.1, 0.15) is 37.0 Å². The molecule has 98 valence electrons. The second kappa shape index (κ2) is 5.53. The van der Waals surface area contributed by atoms with E-state index in [4.69, 9.17) is 0 Å². The highest BCUT2D eigenvalue weighted by Crippen LogP contribution is 2.21. The minimum atomic E-state index is -0.584. The molecular formula is C15H21NO2. The zero-order valence-corrected chi connectivity index (χ0v) is 11.1. The van der Waals surface area contributed by atoms with Crippen molar-refractivity contribution in [1.82, 2.24) is 4.90 Å². The Hall–Kier alpha value is -1.35. The van der Waals surface area contributed by atoms with Gasteiger partial charge in [-0.3, -0.25) is 4.79 Å². The number of aliphatic hydroxyl groups excluding tert-OH is 1. The quantitative estimate of drug-likeness (QED) is 0.890. The number of hydrogen-bond acceptors (Lipinski definition) is 2. The molecule has 1 aromatic rings. The number of piperidine rings is 1. The number of benzene rings is 1. The lowest BCUT2D eigenvalue weighted by Gasteiger charge is -2.32. The van der Waals surface area contributed by atoms with Crippen molar-refractivity contribution >= 4 is 5.91 Å². The van der Waals surface area contributed by atoms with Crippen LogP contribution in [0.5, 0.6) is 0 Å². The summed E-state index contributed by atoms with van der Waals surface area (Å²) in [7, 11) is 0. The SMILES string of the molecule is Cc1cccc(C(O)CN2CCCC(C)C2=O)c1. The van der Waals surface area contributed by atoms with Crippen molar-refractivity contribution in [3.05, 3.63) is 35.4 Å². The van der Waals surface area contributed by atoms with Gasteiger partial charge in [-0.15, -0.1) is 0 Å². The Kier molecular flexibility index (Phi) is 4.02. The minimum absolute atomic E-state index is 0.100. The van der Waals surface area contributed by atoms with Crippen molar-refractivity contribution < 1.29 is 9.90 Å². The Balaban J connectivity index is 2.02. The highest BCUT2D eigenvalue weighted by molar-refractivity contribution is 5.79. The third-order valence-electron chi connectivity index (χ3n) is 3.62. The van der Waals surface area contributed by atoms with Gasteiger partial charge in [0.15, 0.2) is 0 Å². The minimum Gasteiger partial charge on any atom is -0.387 e. The number of aliphatic hydroxyl groups is 1. The molecule has 1 fully saturated rings. The molecule has 0 radical (unpaired) electrons. The van der Waals surface area contributed by atoms with E-state index in [2.05, 4.69) is 0 Å². The number of carbonyl (C=O) groups is 1. The highest BCUT2D eigenvalue weighted by atomic mass is 16.3. The van der Waals surface area contributed by atoms with E-state index in [1.165, 1.54) is 0 Å². The zero-order chi connectivity index (χ0) is 13.1. The predicted molar refractivity (Wildman–Crippen MR) is 71.1 cm³/mol.